The maximum Gasteiger partial charge on any atom is 0.264 e. The molecule has 1 N–H and O–H groups in total. The van der Waals surface area contributed by atoms with E-state index in [4.69, 9.17) is 4.74 Å². The van der Waals surface area contributed by atoms with E-state index in [1.807, 2.05) is 0 Å². The van der Waals surface area contributed by atoms with Gasteiger partial charge < -0.3 is 15.0 Å². The number of carbonyl (C=O) groups is 2. The van der Waals surface area contributed by atoms with Gasteiger partial charge >= 0.3 is 0 Å². The molecule has 2 amide bonds. The van der Waals surface area contributed by atoms with E-state index in [-0.39, 0.29) is 18.4 Å². The van der Waals surface area contributed by atoms with Crippen molar-refractivity contribution in [2.75, 3.05) is 23.9 Å². The lowest BCUT2D eigenvalue weighted by Gasteiger charge is -2.26. The van der Waals surface area contributed by atoms with Gasteiger partial charge in [0.2, 0.25) is 5.91 Å². The van der Waals surface area contributed by atoms with Gasteiger partial charge in [-0.3, -0.25) is 9.59 Å². The zero-order valence-corrected chi connectivity index (χ0v) is 9.82. The third kappa shape index (κ3) is 2.22. The number of amides is 2. The normalized spacial score (nSPS) is 14.0. The molecule has 1 aromatic rings. The number of benzene rings is 1. The number of hydrogen-bond donors (Lipinski definition) is 1. The van der Waals surface area contributed by atoms with Crippen LogP contribution in [0.5, 0.6) is 5.75 Å². The van der Waals surface area contributed by atoms with Gasteiger partial charge in [0.25, 0.3) is 5.91 Å². The number of anilines is 2. The summed E-state index contributed by atoms with van der Waals surface area (Å²) >= 11 is 0. The predicted molar refractivity (Wildman–Crippen MR) is 64.3 cm³/mol. The van der Waals surface area contributed by atoms with E-state index >= 15 is 0 Å². The molecule has 17 heavy (non-hydrogen) atoms. The van der Waals surface area contributed by atoms with Crippen molar-refractivity contribution in [2.24, 2.45) is 0 Å². The molecular weight excluding hydrogens is 220 g/mol. The Morgan fingerprint density at radius 2 is 2.29 bits per heavy atom. The van der Waals surface area contributed by atoms with Crippen molar-refractivity contribution < 1.29 is 14.3 Å². The third-order valence-corrected chi connectivity index (χ3v) is 2.65. The van der Waals surface area contributed by atoms with Crippen molar-refractivity contribution in [3.63, 3.8) is 0 Å². The molecule has 0 bridgehead atoms. The van der Waals surface area contributed by atoms with Gasteiger partial charge in [0, 0.05) is 19.2 Å². The highest BCUT2D eigenvalue weighted by Crippen LogP contribution is 2.33. The fraction of sp³-hybridized carbons (Fsp3) is 0.333. The van der Waals surface area contributed by atoms with Crippen LogP contribution in [0.3, 0.4) is 0 Å². The van der Waals surface area contributed by atoms with E-state index in [1.165, 1.54) is 4.90 Å². The summed E-state index contributed by atoms with van der Waals surface area (Å²) in [6.07, 6.45) is 0.419. The molecule has 0 saturated carbocycles. The minimum absolute atomic E-state index is 0.0596. The number of hydrogen-bond acceptors (Lipinski definition) is 3. The summed E-state index contributed by atoms with van der Waals surface area (Å²) in [4.78, 5) is 24.3. The van der Waals surface area contributed by atoms with Crippen LogP contribution in [0.2, 0.25) is 0 Å². The van der Waals surface area contributed by atoms with Crippen LogP contribution in [-0.2, 0) is 9.59 Å². The molecule has 5 nitrogen and oxygen atoms in total. The van der Waals surface area contributed by atoms with E-state index in [9.17, 15) is 9.59 Å². The minimum atomic E-state index is -0.100. The van der Waals surface area contributed by atoms with Crippen molar-refractivity contribution in [2.45, 2.75) is 13.3 Å². The van der Waals surface area contributed by atoms with Gasteiger partial charge in [-0.15, -0.1) is 0 Å². The number of nitrogens with zero attached hydrogens (tertiary/aromatic N) is 1. The molecule has 0 fully saturated rings. The monoisotopic (exact) mass is 234 g/mol. The van der Waals surface area contributed by atoms with Crippen LogP contribution >= 0.6 is 0 Å². The van der Waals surface area contributed by atoms with Gasteiger partial charge in [-0.1, -0.05) is 6.92 Å². The molecule has 5 heteroatoms. The molecule has 0 saturated heterocycles. The Hall–Kier alpha value is -2.04. The van der Waals surface area contributed by atoms with Gasteiger partial charge in [0.15, 0.2) is 6.61 Å². The topological polar surface area (TPSA) is 58.6 Å². The zero-order chi connectivity index (χ0) is 12.4. The summed E-state index contributed by atoms with van der Waals surface area (Å²) in [6, 6.07) is 5.25. The highest BCUT2D eigenvalue weighted by atomic mass is 16.5. The molecule has 1 aliphatic rings. The molecule has 90 valence electrons. The maximum absolute atomic E-state index is 11.5. The Balaban J connectivity index is 2.29. The average Bonchev–Trinajstić information content (AvgIpc) is 2.34. The molecule has 0 atom stereocenters. The van der Waals surface area contributed by atoms with Gasteiger partial charge in [0.05, 0.1) is 5.69 Å². The SMILES string of the molecule is CCC(=O)Nc1ccc2c(c1)N(C)C(=O)CO2. The third-order valence-electron chi connectivity index (χ3n) is 2.65. The van der Waals surface area contributed by atoms with E-state index in [1.54, 1.807) is 32.2 Å². The first-order valence-corrected chi connectivity index (χ1v) is 5.45. The summed E-state index contributed by atoms with van der Waals surface area (Å²) < 4.78 is 5.29. The second kappa shape index (κ2) is 4.45. The Labute approximate surface area is 99.4 Å². The predicted octanol–water partition coefficient (Wildman–Crippen LogP) is 1.39. The van der Waals surface area contributed by atoms with Crippen LogP contribution in [0.25, 0.3) is 0 Å². The lowest BCUT2D eigenvalue weighted by molar-refractivity contribution is -0.121. The zero-order valence-electron chi connectivity index (χ0n) is 9.82. The second-order valence-electron chi connectivity index (χ2n) is 3.83. The average molecular weight is 234 g/mol. The smallest absolute Gasteiger partial charge is 0.264 e. The van der Waals surface area contributed by atoms with Crippen LogP contribution in [0, 0.1) is 0 Å². The van der Waals surface area contributed by atoms with Crippen molar-refractivity contribution in [1.82, 2.24) is 0 Å². The lowest BCUT2D eigenvalue weighted by Crippen LogP contribution is -2.35. The molecule has 1 aromatic carbocycles. The Bertz CT molecular complexity index is 471. The van der Waals surface area contributed by atoms with Gasteiger partial charge in [-0.05, 0) is 18.2 Å². The van der Waals surface area contributed by atoms with E-state index in [2.05, 4.69) is 5.32 Å². The molecule has 0 unspecified atom stereocenters. The molecule has 2 rings (SSSR count). The first kappa shape index (κ1) is 11.4. The Kier molecular flexibility index (Phi) is 2.99. The number of carbonyl (C=O) groups excluding carboxylic acids is 2. The summed E-state index contributed by atoms with van der Waals surface area (Å²) in [5.41, 5.74) is 1.34. The Morgan fingerprint density at radius 3 is 3.00 bits per heavy atom. The van der Waals surface area contributed by atoms with Crippen molar-refractivity contribution in [3.05, 3.63) is 18.2 Å². The van der Waals surface area contributed by atoms with Crippen LogP contribution in [0.1, 0.15) is 13.3 Å². The highest BCUT2D eigenvalue weighted by Gasteiger charge is 2.22. The number of nitrogens with one attached hydrogen (secondary N) is 1. The van der Waals surface area contributed by atoms with Crippen LogP contribution in [-0.4, -0.2) is 25.5 Å². The van der Waals surface area contributed by atoms with Crippen molar-refractivity contribution in [3.8, 4) is 5.75 Å². The number of rotatable bonds is 2. The first-order chi connectivity index (χ1) is 8.11. The largest absolute Gasteiger partial charge is 0.482 e. The fourth-order valence-electron chi connectivity index (χ4n) is 1.60. The lowest BCUT2D eigenvalue weighted by atomic mass is 10.2. The number of fused-ring (bicyclic) bond motifs is 1. The standard InChI is InChI=1S/C12H14N2O3/c1-3-11(15)13-8-4-5-10-9(6-8)14(2)12(16)7-17-10/h4-6H,3,7H2,1-2H3,(H,13,15). The molecule has 1 heterocycles. The van der Waals surface area contributed by atoms with E-state index in [0.29, 0.717) is 23.5 Å². The van der Waals surface area contributed by atoms with E-state index < -0.39 is 0 Å². The molecule has 0 radical (unpaired) electrons. The van der Waals surface area contributed by atoms with Gasteiger partial charge in [-0.2, -0.15) is 0 Å². The van der Waals surface area contributed by atoms with Gasteiger partial charge in [-0.25, -0.2) is 0 Å². The maximum atomic E-state index is 11.5. The van der Waals surface area contributed by atoms with Crippen LogP contribution in [0.4, 0.5) is 11.4 Å². The van der Waals surface area contributed by atoms with Crippen molar-refractivity contribution >= 4 is 23.2 Å². The minimum Gasteiger partial charge on any atom is -0.482 e. The highest BCUT2D eigenvalue weighted by molar-refractivity contribution is 5.99. The van der Waals surface area contributed by atoms with Crippen LogP contribution in [0.15, 0.2) is 18.2 Å². The fourth-order valence-corrected chi connectivity index (χ4v) is 1.60. The summed E-state index contributed by atoms with van der Waals surface area (Å²) in [6.45, 7) is 1.84. The molecule has 0 aliphatic carbocycles. The first-order valence-electron chi connectivity index (χ1n) is 5.45. The number of ether oxygens (including phenoxy) is 1. The molecule has 1 aliphatic heterocycles. The number of likely N-dealkylation sites (N-methyl/N-ethyl adjacent to an activating group) is 1. The quantitative estimate of drug-likeness (QED) is 0.841. The molecule has 0 aromatic heterocycles. The molecule has 0 spiro atoms. The summed E-state index contributed by atoms with van der Waals surface area (Å²) in [5, 5.41) is 2.74. The second-order valence-corrected chi connectivity index (χ2v) is 3.83. The summed E-state index contributed by atoms with van der Waals surface area (Å²) in [5.74, 6) is 0.494. The van der Waals surface area contributed by atoms with Gasteiger partial charge in [0.1, 0.15) is 5.75 Å². The Morgan fingerprint density at radius 1 is 1.53 bits per heavy atom. The van der Waals surface area contributed by atoms with E-state index in [0.717, 1.165) is 0 Å². The van der Waals surface area contributed by atoms with Crippen molar-refractivity contribution in [1.29, 1.82) is 0 Å². The van der Waals surface area contributed by atoms with Crippen LogP contribution < -0.4 is 15.0 Å². The summed E-state index contributed by atoms with van der Waals surface area (Å²) in [7, 11) is 1.69. The molecular formula is C12H14N2O3.